The second kappa shape index (κ2) is 10.8. The summed E-state index contributed by atoms with van der Waals surface area (Å²) in [6, 6.07) is 47.1. The maximum atomic E-state index is 10.9. The number of benzene rings is 5. The van der Waals surface area contributed by atoms with Crippen molar-refractivity contribution in [3.63, 3.8) is 0 Å². The molecule has 1 N–H and O–H groups in total. The van der Waals surface area contributed by atoms with Gasteiger partial charge in [0.15, 0.2) is 0 Å². The lowest BCUT2D eigenvalue weighted by atomic mass is 9.86. The lowest BCUT2D eigenvalue weighted by molar-refractivity contribution is 0.477. The SMILES string of the molecule is CC(c1ccccc1)c1ccc2c(nc(-c3ccccc3O)n2-c2ccccc2)c1-c1cccc(-c2ccccn2)c1. The summed E-state index contributed by atoms with van der Waals surface area (Å²) in [7, 11) is 0. The molecule has 202 valence electrons. The van der Waals surface area contributed by atoms with Crippen LogP contribution in [0.15, 0.2) is 146 Å². The molecule has 4 heteroatoms. The molecule has 7 aromatic rings. The van der Waals surface area contributed by atoms with Gasteiger partial charge in [0.05, 0.1) is 22.3 Å². The molecule has 0 amide bonds. The van der Waals surface area contributed by atoms with Gasteiger partial charge in [0.1, 0.15) is 11.6 Å². The van der Waals surface area contributed by atoms with Gasteiger partial charge in [-0.25, -0.2) is 4.98 Å². The fraction of sp³-hybridized carbons (Fsp3) is 0.0526. The van der Waals surface area contributed by atoms with Gasteiger partial charge in [-0.1, -0.05) is 97.9 Å². The average Bonchev–Trinajstić information content (AvgIpc) is 3.45. The highest BCUT2D eigenvalue weighted by Crippen LogP contribution is 2.42. The number of aromatic nitrogens is 3. The minimum Gasteiger partial charge on any atom is -0.507 e. The Morgan fingerprint density at radius 3 is 2.14 bits per heavy atom. The second-order valence-electron chi connectivity index (χ2n) is 10.4. The Kier molecular flexibility index (Phi) is 6.57. The van der Waals surface area contributed by atoms with Gasteiger partial charge in [0, 0.05) is 28.9 Å². The first-order valence-electron chi connectivity index (χ1n) is 14.1. The molecule has 0 fully saturated rings. The van der Waals surface area contributed by atoms with Gasteiger partial charge >= 0.3 is 0 Å². The number of hydrogen-bond acceptors (Lipinski definition) is 3. The fourth-order valence-corrected chi connectivity index (χ4v) is 5.79. The van der Waals surface area contributed by atoms with E-state index in [9.17, 15) is 5.11 Å². The Bertz CT molecular complexity index is 2000. The van der Waals surface area contributed by atoms with E-state index in [1.54, 1.807) is 6.07 Å². The highest BCUT2D eigenvalue weighted by atomic mass is 16.3. The molecule has 0 saturated carbocycles. The third kappa shape index (κ3) is 4.53. The zero-order valence-electron chi connectivity index (χ0n) is 23.2. The molecule has 0 spiro atoms. The minimum atomic E-state index is 0.125. The molecule has 5 aromatic carbocycles. The van der Waals surface area contributed by atoms with Crippen LogP contribution in [0.1, 0.15) is 24.0 Å². The molecule has 2 heterocycles. The van der Waals surface area contributed by atoms with Gasteiger partial charge < -0.3 is 5.11 Å². The molecular weight excluding hydrogens is 514 g/mol. The minimum absolute atomic E-state index is 0.125. The standard InChI is InChI=1S/C38H29N3O/c1-26(27-13-4-2-5-14-27)31-22-23-34-37(36(31)29-16-12-15-28(25-29)33-20-10-11-24-39-33)40-38(32-19-8-9-21-35(32)42)41(34)30-17-6-3-7-18-30/h2-26,42H,1H3. The van der Waals surface area contributed by atoms with Crippen molar-refractivity contribution in [1.82, 2.24) is 14.5 Å². The summed E-state index contributed by atoms with van der Waals surface area (Å²) in [4.78, 5) is 9.93. The normalized spacial score (nSPS) is 11.9. The first-order valence-corrected chi connectivity index (χ1v) is 14.1. The third-order valence-corrected chi connectivity index (χ3v) is 7.90. The van der Waals surface area contributed by atoms with Crippen LogP contribution in [-0.4, -0.2) is 19.6 Å². The number of para-hydroxylation sites is 2. The van der Waals surface area contributed by atoms with Crippen LogP contribution in [0.3, 0.4) is 0 Å². The summed E-state index contributed by atoms with van der Waals surface area (Å²) in [6.07, 6.45) is 1.83. The van der Waals surface area contributed by atoms with Crippen molar-refractivity contribution >= 4 is 11.0 Å². The summed E-state index contributed by atoms with van der Waals surface area (Å²) in [5.74, 6) is 1.02. The van der Waals surface area contributed by atoms with E-state index in [2.05, 4.69) is 95.3 Å². The molecule has 1 unspecified atom stereocenters. The van der Waals surface area contributed by atoms with Crippen molar-refractivity contribution in [2.24, 2.45) is 0 Å². The Labute approximate surface area is 245 Å². The van der Waals surface area contributed by atoms with Gasteiger partial charge in [0.25, 0.3) is 0 Å². The first kappa shape index (κ1) is 25.5. The van der Waals surface area contributed by atoms with Crippen molar-refractivity contribution in [3.05, 3.63) is 157 Å². The molecule has 0 aliphatic carbocycles. The Balaban J connectivity index is 1.56. The largest absolute Gasteiger partial charge is 0.507 e. The quantitative estimate of drug-likeness (QED) is 0.227. The number of phenolic OH excluding ortho intramolecular Hbond substituents is 1. The number of pyridine rings is 1. The van der Waals surface area contributed by atoms with E-state index in [-0.39, 0.29) is 11.7 Å². The van der Waals surface area contributed by atoms with E-state index in [0.29, 0.717) is 11.4 Å². The van der Waals surface area contributed by atoms with Gasteiger partial charge in [-0.05, 0) is 65.2 Å². The number of rotatable bonds is 6. The van der Waals surface area contributed by atoms with E-state index in [4.69, 9.17) is 4.98 Å². The van der Waals surface area contributed by atoms with Crippen molar-refractivity contribution in [3.8, 4) is 45.2 Å². The molecule has 7 rings (SSSR count). The second-order valence-corrected chi connectivity index (χ2v) is 10.4. The van der Waals surface area contributed by atoms with Gasteiger partial charge in [0.2, 0.25) is 0 Å². The van der Waals surface area contributed by atoms with Crippen LogP contribution in [-0.2, 0) is 0 Å². The van der Waals surface area contributed by atoms with E-state index in [0.717, 1.165) is 39.1 Å². The number of nitrogens with zero attached hydrogens (tertiary/aromatic N) is 3. The van der Waals surface area contributed by atoms with Crippen LogP contribution < -0.4 is 0 Å². The third-order valence-electron chi connectivity index (χ3n) is 7.90. The summed E-state index contributed by atoms with van der Waals surface area (Å²) in [5.41, 5.74) is 10.1. The van der Waals surface area contributed by atoms with E-state index in [1.807, 2.05) is 60.8 Å². The lowest BCUT2D eigenvalue weighted by Crippen LogP contribution is -2.01. The number of fused-ring (bicyclic) bond motifs is 1. The smallest absolute Gasteiger partial charge is 0.149 e. The number of hydrogen-bond donors (Lipinski definition) is 1. The van der Waals surface area contributed by atoms with Crippen molar-refractivity contribution in [2.45, 2.75) is 12.8 Å². The number of aromatic hydroxyl groups is 1. The molecule has 4 nitrogen and oxygen atoms in total. The van der Waals surface area contributed by atoms with E-state index < -0.39 is 0 Å². The summed E-state index contributed by atoms with van der Waals surface area (Å²) < 4.78 is 2.15. The number of imidazole rings is 1. The zero-order valence-corrected chi connectivity index (χ0v) is 23.2. The maximum Gasteiger partial charge on any atom is 0.149 e. The van der Waals surface area contributed by atoms with Gasteiger partial charge in [-0.2, -0.15) is 0 Å². The summed E-state index contributed by atoms with van der Waals surface area (Å²) in [6.45, 7) is 2.25. The van der Waals surface area contributed by atoms with Crippen molar-refractivity contribution < 1.29 is 5.11 Å². The van der Waals surface area contributed by atoms with Crippen molar-refractivity contribution in [1.29, 1.82) is 0 Å². The molecule has 0 aliphatic heterocycles. The zero-order chi connectivity index (χ0) is 28.5. The molecule has 0 radical (unpaired) electrons. The van der Waals surface area contributed by atoms with Gasteiger partial charge in [-0.15, -0.1) is 0 Å². The molecule has 2 aromatic heterocycles. The molecule has 0 aliphatic rings. The Morgan fingerprint density at radius 1 is 0.667 bits per heavy atom. The molecule has 42 heavy (non-hydrogen) atoms. The van der Waals surface area contributed by atoms with E-state index >= 15 is 0 Å². The van der Waals surface area contributed by atoms with Crippen LogP contribution in [0.5, 0.6) is 5.75 Å². The van der Waals surface area contributed by atoms with Crippen LogP contribution in [0.4, 0.5) is 0 Å². The Morgan fingerprint density at radius 2 is 1.38 bits per heavy atom. The monoisotopic (exact) mass is 543 g/mol. The Hall–Kier alpha value is -5.48. The highest BCUT2D eigenvalue weighted by molar-refractivity contribution is 5.98. The molecule has 0 saturated heterocycles. The van der Waals surface area contributed by atoms with E-state index in [1.165, 1.54) is 11.1 Å². The van der Waals surface area contributed by atoms with Crippen LogP contribution in [0, 0.1) is 0 Å². The topological polar surface area (TPSA) is 50.9 Å². The maximum absolute atomic E-state index is 10.9. The molecule has 0 bridgehead atoms. The van der Waals surface area contributed by atoms with Crippen LogP contribution in [0.25, 0.3) is 50.5 Å². The van der Waals surface area contributed by atoms with Crippen LogP contribution >= 0.6 is 0 Å². The lowest BCUT2D eigenvalue weighted by Gasteiger charge is -2.19. The van der Waals surface area contributed by atoms with Gasteiger partial charge in [-0.3, -0.25) is 9.55 Å². The molecular formula is C38H29N3O. The number of phenols is 1. The first-order chi connectivity index (χ1) is 20.7. The van der Waals surface area contributed by atoms with Crippen LogP contribution in [0.2, 0.25) is 0 Å². The predicted molar refractivity (Wildman–Crippen MR) is 171 cm³/mol. The average molecular weight is 544 g/mol. The predicted octanol–water partition coefficient (Wildman–Crippen LogP) is 9.28. The fourth-order valence-electron chi connectivity index (χ4n) is 5.79. The summed E-state index contributed by atoms with van der Waals surface area (Å²) in [5, 5.41) is 10.9. The molecule has 1 atom stereocenters. The van der Waals surface area contributed by atoms with Crippen molar-refractivity contribution in [2.75, 3.05) is 0 Å². The highest BCUT2D eigenvalue weighted by Gasteiger charge is 2.24. The summed E-state index contributed by atoms with van der Waals surface area (Å²) >= 11 is 0.